The minimum Gasteiger partial charge on any atom is -0.295 e. The normalized spacial score (nSPS) is 31.7. The minimum atomic E-state index is 0.281. The molecule has 0 saturated heterocycles. The summed E-state index contributed by atoms with van der Waals surface area (Å²) in [6, 6.07) is 0. The van der Waals surface area contributed by atoms with Gasteiger partial charge in [0.05, 0.1) is 0 Å². The van der Waals surface area contributed by atoms with Crippen LogP contribution in [0.5, 0.6) is 0 Å². The molecule has 0 spiro atoms. The first-order chi connectivity index (χ1) is 6.59. The van der Waals surface area contributed by atoms with Crippen LogP contribution >= 0.6 is 0 Å². The zero-order valence-corrected chi connectivity index (χ0v) is 9.31. The molecule has 14 heavy (non-hydrogen) atoms. The van der Waals surface area contributed by atoms with Crippen LogP contribution in [-0.2, 0) is 4.79 Å². The lowest BCUT2D eigenvalue weighted by Gasteiger charge is -2.38. The Morgan fingerprint density at radius 1 is 1.29 bits per heavy atom. The SMILES string of the molecule is CC1(C)CCCC2CCCC(=O)C=C21. The van der Waals surface area contributed by atoms with E-state index < -0.39 is 0 Å². The third-order valence-electron chi connectivity index (χ3n) is 3.87. The standard InChI is InChI=1S/C13H20O/c1-13(2)8-4-6-10-5-3-7-11(14)9-12(10)13/h9-10H,3-8H2,1-2H3. The van der Waals surface area contributed by atoms with Gasteiger partial charge in [0, 0.05) is 6.42 Å². The largest absolute Gasteiger partial charge is 0.295 e. The summed E-state index contributed by atoms with van der Waals surface area (Å²) in [4.78, 5) is 11.5. The Kier molecular flexibility index (Phi) is 2.50. The molecule has 1 heteroatoms. The van der Waals surface area contributed by atoms with Crippen molar-refractivity contribution in [1.29, 1.82) is 0 Å². The molecule has 1 nitrogen and oxygen atoms in total. The van der Waals surface area contributed by atoms with Crippen molar-refractivity contribution in [2.75, 3.05) is 0 Å². The van der Waals surface area contributed by atoms with Crippen LogP contribution < -0.4 is 0 Å². The predicted molar refractivity (Wildman–Crippen MR) is 58.1 cm³/mol. The Morgan fingerprint density at radius 2 is 2.00 bits per heavy atom. The molecule has 0 aliphatic heterocycles. The summed E-state index contributed by atoms with van der Waals surface area (Å²) in [5.41, 5.74) is 1.73. The van der Waals surface area contributed by atoms with E-state index in [0.29, 0.717) is 11.7 Å². The number of carbonyl (C=O) groups is 1. The lowest BCUT2D eigenvalue weighted by atomic mass is 9.67. The van der Waals surface area contributed by atoms with E-state index in [9.17, 15) is 4.79 Å². The number of carbonyl (C=O) groups excluding carboxylic acids is 1. The highest BCUT2D eigenvalue weighted by molar-refractivity contribution is 5.90. The summed E-state index contributed by atoms with van der Waals surface area (Å²) < 4.78 is 0. The monoisotopic (exact) mass is 192 g/mol. The highest BCUT2D eigenvalue weighted by atomic mass is 16.1. The van der Waals surface area contributed by atoms with Crippen LogP contribution in [-0.4, -0.2) is 5.78 Å². The summed E-state index contributed by atoms with van der Waals surface area (Å²) in [6.07, 6.45) is 8.97. The van der Waals surface area contributed by atoms with Crippen molar-refractivity contribution < 1.29 is 4.79 Å². The van der Waals surface area contributed by atoms with Crippen molar-refractivity contribution in [3.63, 3.8) is 0 Å². The average Bonchev–Trinajstić information content (AvgIpc) is 2.27. The fourth-order valence-corrected chi connectivity index (χ4v) is 3.02. The van der Waals surface area contributed by atoms with E-state index in [4.69, 9.17) is 0 Å². The molecule has 0 amide bonds. The Balaban J connectivity index is 2.31. The van der Waals surface area contributed by atoms with E-state index >= 15 is 0 Å². The molecular weight excluding hydrogens is 172 g/mol. The van der Waals surface area contributed by atoms with Crippen molar-refractivity contribution in [3.8, 4) is 0 Å². The maximum Gasteiger partial charge on any atom is 0.155 e. The minimum absolute atomic E-state index is 0.281. The summed E-state index contributed by atoms with van der Waals surface area (Å²) in [7, 11) is 0. The summed E-state index contributed by atoms with van der Waals surface area (Å²) in [5.74, 6) is 1.07. The van der Waals surface area contributed by atoms with Gasteiger partial charge in [-0.1, -0.05) is 25.8 Å². The highest BCUT2D eigenvalue weighted by Gasteiger charge is 2.34. The number of hydrogen-bond acceptors (Lipinski definition) is 1. The highest BCUT2D eigenvalue weighted by Crippen LogP contribution is 2.46. The molecule has 0 aromatic heterocycles. The number of fused-ring (bicyclic) bond motifs is 1. The topological polar surface area (TPSA) is 17.1 Å². The van der Waals surface area contributed by atoms with E-state index in [1.54, 1.807) is 0 Å². The van der Waals surface area contributed by atoms with Gasteiger partial charge >= 0.3 is 0 Å². The fraction of sp³-hybridized carbons (Fsp3) is 0.769. The Morgan fingerprint density at radius 3 is 2.79 bits per heavy atom. The third kappa shape index (κ3) is 1.77. The maximum atomic E-state index is 11.5. The quantitative estimate of drug-likeness (QED) is 0.574. The van der Waals surface area contributed by atoms with Gasteiger partial charge in [0.25, 0.3) is 0 Å². The van der Waals surface area contributed by atoms with Crippen LogP contribution in [0.1, 0.15) is 52.4 Å². The first-order valence-corrected chi connectivity index (χ1v) is 5.84. The van der Waals surface area contributed by atoms with Gasteiger partial charge < -0.3 is 0 Å². The predicted octanol–water partition coefficient (Wildman–Crippen LogP) is 3.49. The molecule has 1 unspecified atom stereocenters. The molecule has 0 radical (unpaired) electrons. The van der Waals surface area contributed by atoms with Crippen LogP contribution in [0.15, 0.2) is 11.6 Å². The Hall–Kier alpha value is -0.590. The molecule has 0 aromatic carbocycles. The van der Waals surface area contributed by atoms with Crippen molar-refractivity contribution in [2.45, 2.75) is 52.4 Å². The van der Waals surface area contributed by atoms with Gasteiger partial charge in [-0.05, 0) is 43.1 Å². The Bertz CT molecular complexity index is 273. The lowest BCUT2D eigenvalue weighted by molar-refractivity contribution is -0.114. The van der Waals surface area contributed by atoms with Crippen LogP contribution in [0, 0.1) is 11.3 Å². The van der Waals surface area contributed by atoms with Crippen molar-refractivity contribution in [1.82, 2.24) is 0 Å². The molecule has 0 heterocycles. The molecule has 2 rings (SSSR count). The van der Waals surface area contributed by atoms with Gasteiger partial charge in [-0.3, -0.25) is 4.79 Å². The summed E-state index contributed by atoms with van der Waals surface area (Å²) in [6.45, 7) is 4.59. The molecule has 2 aliphatic rings. The molecule has 1 atom stereocenters. The lowest BCUT2D eigenvalue weighted by Crippen LogP contribution is -2.26. The van der Waals surface area contributed by atoms with Gasteiger partial charge in [-0.2, -0.15) is 0 Å². The van der Waals surface area contributed by atoms with Crippen molar-refractivity contribution >= 4 is 5.78 Å². The zero-order valence-electron chi connectivity index (χ0n) is 9.31. The fourth-order valence-electron chi connectivity index (χ4n) is 3.02. The summed E-state index contributed by atoms with van der Waals surface area (Å²) in [5, 5.41) is 0. The molecule has 0 N–H and O–H groups in total. The summed E-state index contributed by atoms with van der Waals surface area (Å²) >= 11 is 0. The van der Waals surface area contributed by atoms with Crippen LogP contribution in [0.25, 0.3) is 0 Å². The average molecular weight is 192 g/mol. The van der Waals surface area contributed by atoms with Gasteiger partial charge in [-0.15, -0.1) is 0 Å². The van der Waals surface area contributed by atoms with E-state index in [1.165, 1.54) is 31.3 Å². The molecule has 0 aromatic rings. The second-order valence-corrected chi connectivity index (χ2v) is 5.43. The van der Waals surface area contributed by atoms with Gasteiger partial charge in [-0.25, -0.2) is 0 Å². The number of hydrogen-bond donors (Lipinski definition) is 0. The van der Waals surface area contributed by atoms with Crippen LogP contribution in [0.2, 0.25) is 0 Å². The van der Waals surface area contributed by atoms with Crippen LogP contribution in [0.4, 0.5) is 0 Å². The van der Waals surface area contributed by atoms with Gasteiger partial charge in [0.1, 0.15) is 0 Å². The number of rotatable bonds is 0. The van der Waals surface area contributed by atoms with E-state index in [1.807, 2.05) is 6.08 Å². The van der Waals surface area contributed by atoms with Crippen LogP contribution in [0.3, 0.4) is 0 Å². The molecule has 0 bridgehead atoms. The second-order valence-electron chi connectivity index (χ2n) is 5.43. The zero-order chi connectivity index (χ0) is 10.2. The maximum absolute atomic E-state index is 11.5. The molecule has 1 fully saturated rings. The Labute approximate surface area is 86.6 Å². The third-order valence-corrected chi connectivity index (χ3v) is 3.87. The second kappa shape index (κ2) is 3.52. The van der Waals surface area contributed by atoms with Gasteiger partial charge in [0.15, 0.2) is 5.78 Å². The van der Waals surface area contributed by atoms with E-state index in [2.05, 4.69) is 13.8 Å². The van der Waals surface area contributed by atoms with E-state index in [-0.39, 0.29) is 5.41 Å². The van der Waals surface area contributed by atoms with Crippen molar-refractivity contribution in [2.24, 2.45) is 11.3 Å². The first kappa shape index (κ1) is 9.95. The molecule has 2 aliphatic carbocycles. The molecule has 1 saturated carbocycles. The molecular formula is C13H20O. The smallest absolute Gasteiger partial charge is 0.155 e. The van der Waals surface area contributed by atoms with E-state index in [0.717, 1.165) is 12.8 Å². The van der Waals surface area contributed by atoms with Crippen molar-refractivity contribution in [3.05, 3.63) is 11.6 Å². The van der Waals surface area contributed by atoms with Gasteiger partial charge in [0.2, 0.25) is 0 Å². The molecule has 78 valence electrons. The number of ketones is 1. The number of allylic oxidation sites excluding steroid dienone is 2. The first-order valence-electron chi connectivity index (χ1n) is 5.84.